The van der Waals surface area contributed by atoms with Gasteiger partial charge in [-0.15, -0.1) is 0 Å². The first kappa shape index (κ1) is 33.3. The third kappa shape index (κ3) is 7.46. The zero-order valence-corrected chi connectivity index (χ0v) is 28.8. The van der Waals surface area contributed by atoms with Crippen molar-refractivity contribution in [2.45, 2.75) is 95.9 Å². The molecule has 9 heteroatoms. The summed E-state index contributed by atoms with van der Waals surface area (Å²) in [6.07, 6.45) is 7.73. The molecule has 254 valence electrons. The summed E-state index contributed by atoms with van der Waals surface area (Å²) < 4.78 is 26.3. The molecule has 0 spiro atoms. The molecule has 6 rings (SSSR count). The number of likely N-dealkylation sites (tertiary alicyclic amines) is 1. The lowest BCUT2D eigenvalue weighted by molar-refractivity contribution is -0.0153. The predicted octanol–water partition coefficient (Wildman–Crippen LogP) is 7.25. The molecule has 3 aliphatic rings. The summed E-state index contributed by atoms with van der Waals surface area (Å²) in [5.74, 6) is 0.981. The van der Waals surface area contributed by atoms with Crippen LogP contribution in [-0.4, -0.2) is 91.2 Å². The van der Waals surface area contributed by atoms with Crippen LogP contribution in [0.3, 0.4) is 0 Å². The number of ether oxygens (including phenoxy) is 4. The second-order valence-corrected chi connectivity index (χ2v) is 14.4. The third-order valence-electron chi connectivity index (χ3n) is 9.94. The first-order valence-corrected chi connectivity index (χ1v) is 17.4. The molecular weight excluding hydrogens is 594 g/mol. The molecule has 1 saturated heterocycles. The van der Waals surface area contributed by atoms with E-state index in [1.807, 2.05) is 39.0 Å². The number of likely N-dealkylation sites (N-methyl/N-ethyl adjacent to an activating group) is 1. The van der Waals surface area contributed by atoms with Gasteiger partial charge in [0.1, 0.15) is 24.1 Å². The monoisotopic (exact) mass is 645 g/mol. The zero-order valence-electron chi connectivity index (χ0n) is 28.8. The van der Waals surface area contributed by atoms with Crippen LogP contribution in [0.1, 0.15) is 87.6 Å². The van der Waals surface area contributed by atoms with Gasteiger partial charge in [0.25, 0.3) is 0 Å². The molecule has 47 heavy (non-hydrogen) atoms. The van der Waals surface area contributed by atoms with Crippen LogP contribution >= 0.6 is 0 Å². The summed E-state index contributed by atoms with van der Waals surface area (Å²) in [7, 11) is 3.23. The number of hydrogen-bond donors (Lipinski definition) is 0. The van der Waals surface area contributed by atoms with Gasteiger partial charge in [0.2, 0.25) is 0 Å². The van der Waals surface area contributed by atoms with Gasteiger partial charge in [-0.3, -0.25) is 4.90 Å². The van der Waals surface area contributed by atoms with Gasteiger partial charge < -0.3 is 28.4 Å². The van der Waals surface area contributed by atoms with E-state index in [1.165, 1.54) is 43.0 Å². The number of benzene rings is 2. The van der Waals surface area contributed by atoms with Crippen molar-refractivity contribution in [2.75, 3.05) is 47.0 Å². The van der Waals surface area contributed by atoms with Gasteiger partial charge in [-0.25, -0.2) is 9.59 Å². The summed E-state index contributed by atoms with van der Waals surface area (Å²) in [5, 5.41) is 1.20. The maximum absolute atomic E-state index is 12.7. The van der Waals surface area contributed by atoms with Gasteiger partial charge >= 0.3 is 12.1 Å². The van der Waals surface area contributed by atoms with Crippen molar-refractivity contribution in [1.82, 2.24) is 14.4 Å². The van der Waals surface area contributed by atoms with E-state index in [0.29, 0.717) is 37.8 Å². The van der Waals surface area contributed by atoms with Gasteiger partial charge in [-0.05, 0) is 88.7 Å². The molecule has 3 heterocycles. The predicted molar refractivity (Wildman–Crippen MR) is 183 cm³/mol. The molecule has 1 aliphatic carbocycles. The van der Waals surface area contributed by atoms with E-state index in [2.05, 4.69) is 33.7 Å². The number of rotatable bonds is 8. The topological polar surface area (TPSA) is 82.5 Å². The lowest BCUT2D eigenvalue weighted by Crippen LogP contribution is -2.42. The van der Waals surface area contributed by atoms with Crippen LogP contribution in [0.15, 0.2) is 42.5 Å². The summed E-state index contributed by atoms with van der Waals surface area (Å²) in [6, 6.07) is 14.6. The Balaban J connectivity index is 1.27. The average molecular weight is 646 g/mol. The highest BCUT2D eigenvalue weighted by Gasteiger charge is 2.32. The average Bonchev–Trinajstić information content (AvgIpc) is 3.64. The van der Waals surface area contributed by atoms with Crippen molar-refractivity contribution in [3.05, 3.63) is 53.6 Å². The molecule has 3 aromatic rings. The lowest BCUT2D eigenvalue weighted by Gasteiger charge is -2.31. The smallest absolute Gasteiger partial charge is 0.410 e. The largest absolute Gasteiger partial charge is 0.490 e. The third-order valence-corrected chi connectivity index (χ3v) is 9.94. The summed E-state index contributed by atoms with van der Waals surface area (Å²) in [6.45, 7) is 9.65. The van der Waals surface area contributed by atoms with Gasteiger partial charge in [0.15, 0.2) is 0 Å². The lowest BCUT2D eigenvalue weighted by atomic mass is 9.81. The van der Waals surface area contributed by atoms with Crippen molar-refractivity contribution >= 4 is 23.0 Å². The highest BCUT2D eigenvalue weighted by atomic mass is 16.6. The van der Waals surface area contributed by atoms with Crippen LogP contribution in [0, 0.1) is 0 Å². The Morgan fingerprint density at radius 2 is 1.81 bits per heavy atom. The van der Waals surface area contributed by atoms with Crippen LogP contribution in [-0.2, 0) is 20.8 Å². The van der Waals surface area contributed by atoms with E-state index in [-0.39, 0.29) is 24.2 Å². The number of fused-ring (bicyclic) bond motifs is 5. The highest BCUT2D eigenvalue weighted by Crippen LogP contribution is 2.47. The van der Waals surface area contributed by atoms with Gasteiger partial charge in [-0.1, -0.05) is 37.5 Å². The zero-order chi connectivity index (χ0) is 33.1. The maximum Gasteiger partial charge on any atom is 0.410 e. The van der Waals surface area contributed by atoms with Gasteiger partial charge in [-0.2, -0.15) is 0 Å². The van der Waals surface area contributed by atoms with E-state index >= 15 is 0 Å². The van der Waals surface area contributed by atoms with Crippen LogP contribution in [0.25, 0.3) is 22.2 Å². The van der Waals surface area contributed by atoms with Crippen LogP contribution in [0.4, 0.5) is 4.79 Å². The second kappa shape index (κ2) is 14.3. The Morgan fingerprint density at radius 3 is 2.57 bits per heavy atom. The minimum Gasteiger partial charge on any atom is -0.490 e. The van der Waals surface area contributed by atoms with E-state index in [0.717, 1.165) is 55.6 Å². The first-order chi connectivity index (χ1) is 22.6. The quantitative estimate of drug-likeness (QED) is 0.239. The van der Waals surface area contributed by atoms with E-state index in [1.54, 1.807) is 11.9 Å². The minimum absolute atomic E-state index is 0.189. The molecule has 9 nitrogen and oxygen atoms in total. The molecule has 2 fully saturated rings. The molecule has 2 aromatic carbocycles. The number of para-hydroxylation sites is 1. The van der Waals surface area contributed by atoms with Crippen molar-refractivity contribution in [2.24, 2.45) is 0 Å². The molecule has 1 amide bonds. The molecule has 2 atom stereocenters. The first-order valence-electron chi connectivity index (χ1n) is 17.4. The summed E-state index contributed by atoms with van der Waals surface area (Å²) >= 11 is 0. The number of methoxy groups -OCH3 is 1. The molecule has 0 N–H and O–H groups in total. The van der Waals surface area contributed by atoms with Gasteiger partial charge in [0, 0.05) is 42.6 Å². The Kier molecular flexibility index (Phi) is 10.1. The maximum atomic E-state index is 12.7. The molecule has 0 radical (unpaired) electrons. The highest BCUT2D eigenvalue weighted by molar-refractivity contribution is 5.99. The fourth-order valence-electron chi connectivity index (χ4n) is 7.57. The molecule has 2 aliphatic heterocycles. The summed E-state index contributed by atoms with van der Waals surface area (Å²) in [5.41, 5.74) is 4.73. The second-order valence-electron chi connectivity index (χ2n) is 14.4. The fraction of sp³-hybridized carbons (Fsp3) is 0.579. The fourth-order valence-corrected chi connectivity index (χ4v) is 7.57. The number of nitrogens with zero attached hydrogens (tertiary/aromatic N) is 3. The minimum atomic E-state index is -0.515. The number of esters is 1. The molecule has 1 unspecified atom stereocenters. The standard InChI is InChI=1S/C38H51N3O6/c1-38(2,3)47-37(43)39(4)20-21-40-19-11-14-28(40)24-45-29-23-41-32-22-27(36(42)44-5)17-18-30(32)34(26-12-7-6-8-13-26)35(41)31-15-9-10-16-33(31)46-25-29/h9-10,15-18,22,26,28-29H,6-8,11-14,19-21,23-25H2,1-5H3/t28?,29-/m0/s1. The molecule has 0 bridgehead atoms. The SMILES string of the molecule is COC(=O)c1ccc2c(C3CCCCC3)c3n(c2c1)C[C@H](OCC1CCCN1CCN(C)C(=O)OC(C)(C)C)COc1ccccc1-3. The van der Waals surface area contributed by atoms with Crippen LogP contribution in [0.2, 0.25) is 0 Å². The Hall–Kier alpha value is -3.56. The van der Waals surface area contributed by atoms with Crippen molar-refractivity contribution < 1.29 is 28.5 Å². The Morgan fingerprint density at radius 1 is 1.02 bits per heavy atom. The number of amides is 1. The molecule has 1 saturated carbocycles. The number of aromatic nitrogens is 1. The normalized spacial score (nSPS) is 20.5. The number of hydrogen-bond acceptors (Lipinski definition) is 7. The number of carbonyl (C=O) groups excluding carboxylic acids is 2. The van der Waals surface area contributed by atoms with Crippen molar-refractivity contribution in [3.63, 3.8) is 0 Å². The number of carbonyl (C=O) groups is 2. The Bertz CT molecular complexity index is 1570. The van der Waals surface area contributed by atoms with Crippen molar-refractivity contribution in [1.29, 1.82) is 0 Å². The van der Waals surface area contributed by atoms with E-state index < -0.39 is 5.60 Å². The Labute approximate surface area is 279 Å². The van der Waals surface area contributed by atoms with Gasteiger partial charge in [0.05, 0.1) is 31.5 Å². The van der Waals surface area contributed by atoms with E-state index in [4.69, 9.17) is 18.9 Å². The van der Waals surface area contributed by atoms with Crippen molar-refractivity contribution in [3.8, 4) is 17.0 Å². The van der Waals surface area contributed by atoms with E-state index in [9.17, 15) is 9.59 Å². The van der Waals surface area contributed by atoms with Crippen LogP contribution in [0.5, 0.6) is 5.75 Å². The summed E-state index contributed by atoms with van der Waals surface area (Å²) in [4.78, 5) is 29.3. The molecule has 1 aromatic heterocycles. The molecular formula is C38H51N3O6. The van der Waals surface area contributed by atoms with Crippen LogP contribution < -0.4 is 4.74 Å².